The topological polar surface area (TPSA) is 21.6 Å². The van der Waals surface area contributed by atoms with Crippen molar-refractivity contribution < 1.29 is 4.84 Å². The molecular formula is C3H3NOSe. The fraction of sp³-hybridized carbons (Fsp3) is 0.333. The summed E-state index contributed by atoms with van der Waals surface area (Å²) in [6, 6.07) is 0. The Kier molecular flexibility index (Phi) is 1.03. The van der Waals surface area contributed by atoms with E-state index in [0.29, 0.717) is 6.61 Å². The van der Waals surface area contributed by atoms with E-state index in [1.54, 1.807) is 6.21 Å². The van der Waals surface area contributed by atoms with Crippen LogP contribution in [0.1, 0.15) is 0 Å². The molecule has 1 rings (SSSR count). The van der Waals surface area contributed by atoms with Crippen LogP contribution >= 0.6 is 0 Å². The van der Waals surface area contributed by atoms with E-state index in [1.807, 2.05) is 0 Å². The summed E-state index contributed by atoms with van der Waals surface area (Å²) in [7, 11) is 0. The Bertz CT molecular complexity index is 99.0. The van der Waals surface area contributed by atoms with Crippen LogP contribution in [0.2, 0.25) is 0 Å². The minimum atomic E-state index is 0.625. The summed E-state index contributed by atoms with van der Waals surface area (Å²) in [4.78, 5) is 4.56. The van der Waals surface area contributed by atoms with Crippen molar-refractivity contribution in [2.75, 3.05) is 6.61 Å². The molecule has 0 radical (unpaired) electrons. The second kappa shape index (κ2) is 1.54. The van der Waals surface area contributed by atoms with Crippen molar-refractivity contribution in [2.24, 2.45) is 5.16 Å². The van der Waals surface area contributed by atoms with Crippen LogP contribution in [-0.2, 0) is 4.84 Å². The van der Waals surface area contributed by atoms with Crippen LogP contribution in [0, 0.1) is 0 Å². The molecule has 0 saturated carbocycles. The zero-order valence-corrected chi connectivity index (χ0v) is 4.76. The van der Waals surface area contributed by atoms with Crippen LogP contribution < -0.4 is 0 Å². The van der Waals surface area contributed by atoms with Gasteiger partial charge in [-0.2, -0.15) is 0 Å². The van der Waals surface area contributed by atoms with E-state index in [4.69, 9.17) is 0 Å². The molecule has 0 amide bonds. The molecule has 0 N–H and O–H groups in total. The van der Waals surface area contributed by atoms with Gasteiger partial charge in [-0.1, -0.05) is 0 Å². The van der Waals surface area contributed by atoms with E-state index in [1.165, 1.54) is 0 Å². The molecule has 0 saturated heterocycles. The van der Waals surface area contributed by atoms with Crippen molar-refractivity contribution in [2.45, 2.75) is 0 Å². The van der Waals surface area contributed by atoms with Crippen molar-refractivity contribution in [1.29, 1.82) is 0 Å². The van der Waals surface area contributed by atoms with Crippen LogP contribution in [0.4, 0.5) is 0 Å². The molecule has 0 aliphatic carbocycles. The molecule has 1 heterocycles. The molecule has 3 heteroatoms. The first-order valence-corrected chi connectivity index (χ1v) is 2.43. The second-order valence-electron chi connectivity index (χ2n) is 0.974. The Morgan fingerprint density at radius 1 is 2.00 bits per heavy atom. The molecule has 1 aliphatic heterocycles. The van der Waals surface area contributed by atoms with Gasteiger partial charge in [0.1, 0.15) is 0 Å². The summed E-state index contributed by atoms with van der Waals surface area (Å²) >= 11 is 2.78. The van der Waals surface area contributed by atoms with Gasteiger partial charge in [0, 0.05) is 0 Å². The average Bonchev–Trinajstić information content (AvgIpc) is 1.86. The number of rotatable bonds is 0. The van der Waals surface area contributed by atoms with Crippen molar-refractivity contribution in [3.63, 3.8) is 0 Å². The quantitative estimate of drug-likeness (QED) is 0.418. The molecule has 2 nitrogen and oxygen atoms in total. The molecule has 0 unspecified atom stereocenters. The van der Waals surface area contributed by atoms with Gasteiger partial charge in [0.05, 0.1) is 0 Å². The molecule has 1 aliphatic rings. The first-order valence-electron chi connectivity index (χ1n) is 1.58. The maximum absolute atomic E-state index is 4.56. The molecule has 0 atom stereocenters. The number of hydrogen-bond acceptors (Lipinski definition) is 2. The average molecular weight is 148 g/mol. The van der Waals surface area contributed by atoms with Crippen LogP contribution in [0.25, 0.3) is 0 Å². The molecule has 0 aromatic carbocycles. The summed E-state index contributed by atoms with van der Waals surface area (Å²) in [6.45, 7) is 0.625. The van der Waals surface area contributed by atoms with Crippen molar-refractivity contribution in [1.82, 2.24) is 0 Å². The van der Waals surface area contributed by atoms with E-state index in [-0.39, 0.29) is 0 Å². The molecule has 32 valence electrons. The summed E-state index contributed by atoms with van der Waals surface area (Å²) in [6.07, 6.45) is 1.67. The molecule has 0 spiro atoms. The maximum atomic E-state index is 4.56. The number of oxime groups is 1. The standard InChI is InChI=1S/C3H3NOSe/c6-3-1-4-5-2-3/h1H,2H2. The SMILES string of the molecule is [Se]=C1C=NOC1. The third-order valence-corrected chi connectivity index (χ3v) is 0.946. The van der Waals surface area contributed by atoms with Gasteiger partial charge in [-0.15, -0.1) is 0 Å². The van der Waals surface area contributed by atoms with Crippen LogP contribution in [0.15, 0.2) is 5.16 Å². The van der Waals surface area contributed by atoms with E-state index < -0.39 is 0 Å². The molecule has 0 aromatic heterocycles. The molecule has 0 fully saturated rings. The van der Waals surface area contributed by atoms with Gasteiger partial charge in [0.2, 0.25) is 0 Å². The van der Waals surface area contributed by atoms with Gasteiger partial charge < -0.3 is 0 Å². The Morgan fingerprint density at radius 2 is 2.83 bits per heavy atom. The second-order valence-corrected chi connectivity index (χ2v) is 2.07. The van der Waals surface area contributed by atoms with Gasteiger partial charge in [0.15, 0.2) is 0 Å². The Hall–Kier alpha value is -0.141. The molecule has 0 bridgehead atoms. The third-order valence-electron chi connectivity index (χ3n) is 0.478. The number of hydrogen-bond donors (Lipinski definition) is 0. The van der Waals surface area contributed by atoms with E-state index in [0.717, 1.165) is 4.42 Å². The fourth-order valence-corrected chi connectivity index (χ4v) is 0.435. The van der Waals surface area contributed by atoms with E-state index in [9.17, 15) is 0 Å². The Balaban J connectivity index is 2.59. The zero-order valence-electron chi connectivity index (χ0n) is 3.05. The van der Waals surface area contributed by atoms with Gasteiger partial charge in [-0.05, 0) is 0 Å². The molecule has 0 aromatic rings. The van der Waals surface area contributed by atoms with E-state index >= 15 is 0 Å². The zero-order chi connectivity index (χ0) is 4.41. The predicted molar refractivity (Wildman–Crippen MR) is 25.2 cm³/mol. The van der Waals surface area contributed by atoms with E-state index in [2.05, 4.69) is 25.6 Å². The Morgan fingerprint density at radius 3 is 3.00 bits per heavy atom. The van der Waals surface area contributed by atoms with Crippen LogP contribution in [0.5, 0.6) is 0 Å². The van der Waals surface area contributed by atoms with Crippen LogP contribution in [-0.4, -0.2) is 32.8 Å². The molecule has 6 heavy (non-hydrogen) atoms. The number of nitrogens with zero attached hydrogens (tertiary/aromatic N) is 1. The van der Waals surface area contributed by atoms with Crippen LogP contribution in [0.3, 0.4) is 0 Å². The predicted octanol–water partition coefficient (Wildman–Crippen LogP) is -0.657. The fourth-order valence-electron chi connectivity index (χ4n) is 0.234. The monoisotopic (exact) mass is 149 g/mol. The first-order chi connectivity index (χ1) is 2.89. The Labute approximate surface area is 43.5 Å². The van der Waals surface area contributed by atoms with Gasteiger partial charge in [0.25, 0.3) is 0 Å². The first kappa shape index (κ1) is 4.03. The molecular weight excluding hydrogens is 145 g/mol. The van der Waals surface area contributed by atoms with Gasteiger partial charge in [-0.3, -0.25) is 0 Å². The third kappa shape index (κ3) is 0.671. The minimum absolute atomic E-state index is 0.625. The summed E-state index contributed by atoms with van der Waals surface area (Å²) in [5.74, 6) is 0. The summed E-state index contributed by atoms with van der Waals surface area (Å²) in [5.41, 5.74) is 0. The summed E-state index contributed by atoms with van der Waals surface area (Å²) in [5, 5.41) is 3.47. The van der Waals surface area contributed by atoms with Crippen molar-refractivity contribution in [3.05, 3.63) is 0 Å². The van der Waals surface area contributed by atoms with Gasteiger partial charge >= 0.3 is 42.8 Å². The normalized spacial score (nSPS) is 18.3. The summed E-state index contributed by atoms with van der Waals surface area (Å²) < 4.78 is 1.06. The van der Waals surface area contributed by atoms with Gasteiger partial charge in [-0.25, -0.2) is 0 Å². The van der Waals surface area contributed by atoms with Crippen molar-refractivity contribution >= 4 is 26.2 Å². The van der Waals surface area contributed by atoms with Crippen molar-refractivity contribution in [3.8, 4) is 0 Å².